The van der Waals surface area contributed by atoms with E-state index in [0.717, 1.165) is 11.5 Å². The summed E-state index contributed by atoms with van der Waals surface area (Å²) >= 11 is 1.07. The maximum absolute atomic E-state index is 5.43. The van der Waals surface area contributed by atoms with E-state index in [2.05, 4.69) is 14.8 Å². The summed E-state index contributed by atoms with van der Waals surface area (Å²) in [6.45, 7) is 0. The molecule has 0 fully saturated rings. The summed E-state index contributed by atoms with van der Waals surface area (Å²) in [4.78, 5) is 0. The lowest BCUT2D eigenvalue weighted by Crippen LogP contribution is -1.90. The molecule has 6 nitrogen and oxygen atoms in total. The molecule has 0 N–H and O–H groups in total. The van der Waals surface area contributed by atoms with E-state index < -0.39 is 0 Å². The molecule has 0 aliphatic heterocycles. The van der Waals surface area contributed by atoms with Crippen molar-refractivity contribution in [3.05, 3.63) is 18.2 Å². The first-order chi connectivity index (χ1) is 7.81. The molecule has 16 heavy (non-hydrogen) atoms. The van der Waals surface area contributed by atoms with Crippen LogP contribution >= 0.6 is 11.5 Å². The van der Waals surface area contributed by atoms with Crippen LogP contribution in [0.15, 0.2) is 18.2 Å². The third kappa shape index (κ3) is 2.37. The van der Waals surface area contributed by atoms with Crippen LogP contribution in [0.4, 0.5) is 0 Å². The Balaban J connectivity index is 2.26. The van der Waals surface area contributed by atoms with Crippen LogP contribution in [0.3, 0.4) is 0 Å². The Bertz CT molecular complexity index is 439. The second-order valence-corrected chi connectivity index (χ2v) is 3.47. The molecule has 2 rings (SSSR count). The van der Waals surface area contributed by atoms with Crippen molar-refractivity contribution in [1.29, 1.82) is 0 Å². The molecule has 0 spiro atoms. The van der Waals surface area contributed by atoms with Gasteiger partial charge in [0.1, 0.15) is 17.2 Å². The van der Waals surface area contributed by atoms with Crippen LogP contribution in [-0.4, -0.2) is 29.0 Å². The second-order valence-electron chi connectivity index (χ2n) is 2.78. The molecule has 0 aliphatic rings. The Morgan fingerprint density at radius 3 is 2.12 bits per heavy atom. The van der Waals surface area contributed by atoms with Gasteiger partial charge in [-0.1, -0.05) is 9.59 Å². The summed E-state index contributed by atoms with van der Waals surface area (Å²) in [7, 11) is 3.15. The fraction of sp³-hybridized carbons (Fsp3) is 0.222. The molecule has 84 valence electrons. The Labute approximate surface area is 95.9 Å². The van der Waals surface area contributed by atoms with E-state index in [9.17, 15) is 0 Å². The van der Waals surface area contributed by atoms with Crippen LogP contribution in [0.1, 0.15) is 0 Å². The van der Waals surface area contributed by atoms with Gasteiger partial charge in [-0.2, -0.15) is 0 Å². The summed E-state index contributed by atoms with van der Waals surface area (Å²) in [6.07, 6.45) is 0. The quantitative estimate of drug-likeness (QED) is 0.809. The van der Waals surface area contributed by atoms with E-state index in [0.29, 0.717) is 22.4 Å². The molecule has 0 saturated carbocycles. The smallest absolute Gasteiger partial charge is 0.319 e. The molecular weight excluding hydrogens is 230 g/mol. The van der Waals surface area contributed by atoms with Crippen molar-refractivity contribution in [3.8, 4) is 22.4 Å². The number of nitrogens with zero attached hydrogens (tertiary/aromatic N) is 3. The Hall–Kier alpha value is -1.89. The minimum atomic E-state index is 0.371. The largest absolute Gasteiger partial charge is 0.496 e. The standard InChI is InChI=1S/C9H9N3O3S/c1-13-6-3-7(14-2)5-8(4-6)15-9-10-11-12-16-9/h3-5H,1-2H3. The number of hydrogen-bond acceptors (Lipinski definition) is 7. The minimum absolute atomic E-state index is 0.371. The van der Waals surface area contributed by atoms with Gasteiger partial charge in [0, 0.05) is 29.7 Å². The molecule has 1 aromatic heterocycles. The van der Waals surface area contributed by atoms with Gasteiger partial charge in [-0.3, -0.25) is 0 Å². The van der Waals surface area contributed by atoms with Crippen LogP contribution in [-0.2, 0) is 0 Å². The van der Waals surface area contributed by atoms with E-state index in [-0.39, 0.29) is 0 Å². The Morgan fingerprint density at radius 2 is 1.62 bits per heavy atom. The first-order valence-corrected chi connectivity index (χ1v) is 5.15. The van der Waals surface area contributed by atoms with Gasteiger partial charge in [-0.05, 0) is 5.21 Å². The highest BCUT2D eigenvalue weighted by atomic mass is 32.1. The van der Waals surface area contributed by atoms with Crippen LogP contribution in [0, 0.1) is 0 Å². The number of benzene rings is 1. The van der Waals surface area contributed by atoms with Gasteiger partial charge >= 0.3 is 5.19 Å². The third-order valence-electron chi connectivity index (χ3n) is 1.81. The molecule has 0 atom stereocenters. The molecule has 2 aromatic rings. The van der Waals surface area contributed by atoms with Crippen molar-refractivity contribution in [2.75, 3.05) is 14.2 Å². The Morgan fingerprint density at radius 1 is 1.00 bits per heavy atom. The summed E-state index contributed by atoms with van der Waals surface area (Å²) in [6, 6.07) is 5.21. The van der Waals surface area contributed by atoms with Crippen molar-refractivity contribution >= 4 is 11.5 Å². The van der Waals surface area contributed by atoms with E-state index in [4.69, 9.17) is 14.2 Å². The zero-order chi connectivity index (χ0) is 11.4. The van der Waals surface area contributed by atoms with Crippen molar-refractivity contribution in [2.45, 2.75) is 0 Å². The lowest BCUT2D eigenvalue weighted by Gasteiger charge is -2.07. The van der Waals surface area contributed by atoms with Gasteiger partial charge in [0.2, 0.25) is 0 Å². The number of methoxy groups -OCH3 is 2. The zero-order valence-electron chi connectivity index (χ0n) is 8.71. The molecular formula is C9H9N3O3S. The summed E-state index contributed by atoms with van der Waals surface area (Å²) in [5, 5.41) is 7.48. The molecule has 0 amide bonds. The highest BCUT2D eigenvalue weighted by molar-refractivity contribution is 7.07. The Kier molecular flexibility index (Phi) is 3.16. The van der Waals surface area contributed by atoms with Crippen molar-refractivity contribution in [2.24, 2.45) is 0 Å². The van der Waals surface area contributed by atoms with Crippen molar-refractivity contribution < 1.29 is 14.2 Å². The molecule has 7 heteroatoms. The zero-order valence-corrected chi connectivity index (χ0v) is 9.52. The molecule has 0 radical (unpaired) electrons. The first-order valence-electron chi connectivity index (χ1n) is 4.38. The molecule has 0 unspecified atom stereocenters. The van der Waals surface area contributed by atoms with Gasteiger partial charge in [-0.15, -0.1) is 0 Å². The van der Waals surface area contributed by atoms with E-state index in [1.165, 1.54) is 0 Å². The van der Waals surface area contributed by atoms with Gasteiger partial charge in [-0.25, -0.2) is 0 Å². The fourth-order valence-corrected chi connectivity index (χ4v) is 1.46. The van der Waals surface area contributed by atoms with Crippen molar-refractivity contribution in [1.82, 2.24) is 14.8 Å². The number of hydrogen-bond donors (Lipinski definition) is 0. The number of aromatic nitrogens is 3. The maximum atomic E-state index is 5.43. The molecule has 0 bridgehead atoms. The van der Waals surface area contributed by atoms with Gasteiger partial charge in [0.15, 0.2) is 0 Å². The molecule has 1 aromatic carbocycles. The molecule has 0 saturated heterocycles. The van der Waals surface area contributed by atoms with E-state index in [1.54, 1.807) is 32.4 Å². The average Bonchev–Trinajstić information content (AvgIpc) is 2.81. The highest BCUT2D eigenvalue weighted by Crippen LogP contribution is 2.30. The topological polar surface area (TPSA) is 66.4 Å². The predicted molar refractivity (Wildman–Crippen MR) is 57.3 cm³/mol. The summed E-state index contributed by atoms with van der Waals surface area (Å²) in [5.74, 6) is 1.85. The van der Waals surface area contributed by atoms with Crippen LogP contribution in [0.25, 0.3) is 0 Å². The first kappa shape index (κ1) is 10.6. The SMILES string of the molecule is COc1cc(OC)cc(Oc2nnns2)c1. The fourth-order valence-electron chi connectivity index (χ4n) is 1.11. The van der Waals surface area contributed by atoms with Crippen LogP contribution < -0.4 is 14.2 Å². The van der Waals surface area contributed by atoms with Gasteiger partial charge in [0.25, 0.3) is 0 Å². The summed E-state index contributed by atoms with van der Waals surface area (Å²) < 4.78 is 19.2. The lowest BCUT2D eigenvalue weighted by molar-refractivity contribution is 0.386. The summed E-state index contributed by atoms with van der Waals surface area (Å²) in [5.41, 5.74) is 0. The van der Waals surface area contributed by atoms with Gasteiger partial charge < -0.3 is 14.2 Å². The van der Waals surface area contributed by atoms with Crippen LogP contribution in [0.2, 0.25) is 0 Å². The highest BCUT2D eigenvalue weighted by Gasteiger charge is 2.06. The maximum Gasteiger partial charge on any atom is 0.319 e. The lowest BCUT2D eigenvalue weighted by atomic mass is 10.3. The number of ether oxygens (including phenoxy) is 3. The molecule has 0 aliphatic carbocycles. The predicted octanol–water partition coefficient (Wildman–Crippen LogP) is 1.74. The normalized spacial score (nSPS) is 9.88. The second kappa shape index (κ2) is 4.75. The third-order valence-corrected chi connectivity index (χ3v) is 2.29. The van der Waals surface area contributed by atoms with E-state index >= 15 is 0 Å². The minimum Gasteiger partial charge on any atom is -0.496 e. The molecule has 1 heterocycles. The number of rotatable bonds is 4. The van der Waals surface area contributed by atoms with Crippen molar-refractivity contribution in [3.63, 3.8) is 0 Å². The average molecular weight is 239 g/mol. The van der Waals surface area contributed by atoms with Gasteiger partial charge in [0.05, 0.1) is 14.2 Å². The van der Waals surface area contributed by atoms with Crippen LogP contribution in [0.5, 0.6) is 22.4 Å². The van der Waals surface area contributed by atoms with E-state index in [1.807, 2.05) is 0 Å². The monoisotopic (exact) mass is 239 g/mol.